The van der Waals surface area contributed by atoms with Crippen molar-refractivity contribution >= 4 is 72.7 Å². The maximum absolute atomic E-state index is 2.22. The molecule has 0 rings (SSSR count). The van der Waals surface area contributed by atoms with Gasteiger partial charge in [0, 0.05) is 0 Å². The third-order valence-corrected chi connectivity index (χ3v) is 1.41. The molecule has 0 aliphatic rings. The SMILES string of the molecule is CCC[CH2][Sb].Cl.Cl.Cl.Cl. The molecule has 0 aliphatic carbocycles. The van der Waals surface area contributed by atoms with E-state index in [9.17, 15) is 0 Å². The van der Waals surface area contributed by atoms with Crippen molar-refractivity contribution in [2.45, 2.75) is 24.1 Å². The molecular formula is C4H13Cl4Sb. The summed E-state index contributed by atoms with van der Waals surface area (Å²) in [5, 5.41) is 0. The van der Waals surface area contributed by atoms with Crippen molar-refractivity contribution in [1.82, 2.24) is 0 Å². The van der Waals surface area contributed by atoms with Crippen LogP contribution in [0, 0.1) is 0 Å². The second-order valence-corrected chi connectivity index (χ2v) is 2.35. The zero-order chi connectivity index (χ0) is 4.12. The zero-order valence-electron chi connectivity index (χ0n) is 5.20. The summed E-state index contributed by atoms with van der Waals surface area (Å²) in [5.74, 6) is 0. The summed E-state index contributed by atoms with van der Waals surface area (Å²) in [6.45, 7) is 2.22. The maximum atomic E-state index is 2.22. The first-order valence-electron chi connectivity index (χ1n) is 2.02. The Balaban J connectivity index is -0.0000000133. The van der Waals surface area contributed by atoms with E-state index >= 15 is 0 Å². The van der Waals surface area contributed by atoms with Crippen LogP contribution in [0.2, 0.25) is 4.37 Å². The molecule has 62 valence electrons. The van der Waals surface area contributed by atoms with Gasteiger partial charge in [-0.1, -0.05) is 0 Å². The van der Waals surface area contributed by atoms with Crippen molar-refractivity contribution in [3.63, 3.8) is 0 Å². The summed E-state index contributed by atoms with van der Waals surface area (Å²) in [6.07, 6.45) is 2.77. The molecule has 0 bridgehead atoms. The molecule has 0 fully saturated rings. The molecule has 0 atom stereocenters. The maximum Gasteiger partial charge on any atom is -0.147 e. The fraction of sp³-hybridized carbons (Fsp3) is 1.00. The van der Waals surface area contributed by atoms with Gasteiger partial charge < -0.3 is 0 Å². The van der Waals surface area contributed by atoms with Gasteiger partial charge in [0.2, 0.25) is 0 Å². The number of hydrogen-bond donors (Lipinski definition) is 0. The van der Waals surface area contributed by atoms with Gasteiger partial charge in [0.1, 0.15) is 0 Å². The molecule has 0 heterocycles. The zero-order valence-corrected chi connectivity index (χ0v) is 11.0. The number of hydrogen-bond acceptors (Lipinski definition) is 0. The van der Waals surface area contributed by atoms with Gasteiger partial charge in [-0.15, -0.1) is 49.6 Å². The average molecular weight is 325 g/mol. The second-order valence-electron chi connectivity index (χ2n) is 1.08. The first kappa shape index (κ1) is 30.6. The van der Waals surface area contributed by atoms with Crippen LogP contribution in [0.3, 0.4) is 0 Å². The Bertz CT molecular complexity index is 20.0. The summed E-state index contributed by atoms with van der Waals surface area (Å²) in [5.41, 5.74) is 0. The van der Waals surface area contributed by atoms with Crippen molar-refractivity contribution in [2.75, 3.05) is 0 Å². The van der Waals surface area contributed by atoms with E-state index in [-0.39, 0.29) is 49.6 Å². The van der Waals surface area contributed by atoms with E-state index in [2.05, 4.69) is 6.92 Å². The van der Waals surface area contributed by atoms with Gasteiger partial charge in [-0.2, -0.15) is 0 Å². The van der Waals surface area contributed by atoms with Crippen molar-refractivity contribution in [2.24, 2.45) is 0 Å². The minimum absolute atomic E-state index is 0. The van der Waals surface area contributed by atoms with Gasteiger partial charge in [-0.05, 0) is 0 Å². The van der Waals surface area contributed by atoms with E-state index in [1.54, 1.807) is 0 Å². The summed E-state index contributed by atoms with van der Waals surface area (Å²) in [4.78, 5) is 0. The molecular weight excluding hydrogens is 312 g/mol. The quantitative estimate of drug-likeness (QED) is 0.685. The fourth-order valence-electron chi connectivity index (χ4n) is 0.158. The van der Waals surface area contributed by atoms with Crippen molar-refractivity contribution in [1.29, 1.82) is 0 Å². The fourth-order valence-corrected chi connectivity index (χ4v) is 1.06. The van der Waals surface area contributed by atoms with E-state index in [1.807, 2.05) is 23.0 Å². The monoisotopic (exact) mass is 322 g/mol. The van der Waals surface area contributed by atoms with Crippen LogP contribution >= 0.6 is 49.6 Å². The first-order valence-corrected chi connectivity index (χ1v) is 3.83. The van der Waals surface area contributed by atoms with E-state index in [1.165, 1.54) is 17.2 Å². The summed E-state index contributed by atoms with van der Waals surface area (Å²) in [7, 11) is 0. The molecule has 0 saturated carbocycles. The molecule has 0 saturated heterocycles. The predicted octanol–water partition coefficient (Wildman–Crippen LogP) is 3.06. The summed E-state index contributed by atoms with van der Waals surface area (Å²) in [6, 6.07) is 0. The Morgan fingerprint density at radius 2 is 1.33 bits per heavy atom. The molecule has 0 N–H and O–H groups in total. The molecule has 0 unspecified atom stereocenters. The van der Waals surface area contributed by atoms with E-state index in [0.717, 1.165) is 0 Å². The molecule has 9 heavy (non-hydrogen) atoms. The van der Waals surface area contributed by atoms with Gasteiger partial charge in [0.15, 0.2) is 0 Å². The second kappa shape index (κ2) is 32.5. The minimum atomic E-state index is 0. The van der Waals surface area contributed by atoms with Gasteiger partial charge in [-0.3, -0.25) is 0 Å². The Labute approximate surface area is 96.1 Å². The van der Waals surface area contributed by atoms with Crippen LogP contribution in [0.5, 0.6) is 0 Å². The normalized spacial score (nSPS) is 4.67. The van der Waals surface area contributed by atoms with Crippen LogP contribution in [0.1, 0.15) is 19.8 Å². The molecule has 0 aromatic rings. The largest absolute Gasteiger partial charge is 0.147 e. The minimum Gasteiger partial charge on any atom is -0.147 e. The van der Waals surface area contributed by atoms with Gasteiger partial charge in [0.25, 0.3) is 0 Å². The summed E-state index contributed by atoms with van der Waals surface area (Å²) >= 11 is 1.92. The van der Waals surface area contributed by atoms with Crippen molar-refractivity contribution < 1.29 is 0 Å². The topological polar surface area (TPSA) is 0 Å². The van der Waals surface area contributed by atoms with Crippen LogP contribution in [-0.2, 0) is 0 Å². The Morgan fingerprint density at radius 1 is 1.00 bits per heavy atom. The molecule has 0 aromatic carbocycles. The third kappa shape index (κ3) is 40.1. The van der Waals surface area contributed by atoms with Crippen molar-refractivity contribution in [3.8, 4) is 0 Å². The first-order chi connectivity index (χ1) is 2.41. The number of unbranched alkanes of at least 4 members (excludes halogenated alkanes) is 1. The average Bonchev–Trinajstić information content (AvgIpc) is 1.41. The number of rotatable bonds is 2. The molecule has 0 aromatic heterocycles. The van der Waals surface area contributed by atoms with Gasteiger partial charge in [0.05, 0.1) is 0 Å². The molecule has 0 aliphatic heterocycles. The smallest absolute Gasteiger partial charge is 0.147 e. The van der Waals surface area contributed by atoms with E-state index in [4.69, 9.17) is 0 Å². The van der Waals surface area contributed by atoms with Crippen molar-refractivity contribution in [3.05, 3.63) is 0 Å². The Morgan fingerprint density at radius 3 is 1.33 bits per heavy atom. The molecule has 0 spiro atoms. The van der Waals surface area contributed by atoms with Crippen LogP contribution < -0.4 is 0 Å². The van der Waals surface area contributed by atoms with Crippen LogP contribution in [-0.4, -0.2) is 23.0 Å². The van der Waals surface area contributed by atoms with Crippen LogP contribution in [0.15, 0.2) is 0 Å². The van der Waals surface area contributed by atoms with E-state index < -0.39 is 0 Å². The standard InChI is InChI=1S/C4H9.4ClH.Sb/c1-3-4-2;;;;;/h1,3-4H2,2H3;4*1H;. The van der Waals surface area contributed by atoms with Gasteiger partial charge >= 0.3 is 47.2 Å². The Hall–Kier alpha value is 1.98. The molecule has 0 nitrogen and oxygen atoms in total. The summed E-state index contributed by atoms with van der Waals surface area (Å²) < 4.78 is 1.39. The van der Waals surface area contributed by atoms with Crippen LogP contribution in [0.25, 0.3) is 0 Å². The van der Waals surface area contributed by atoms with Gasteiger partial charge in [-0.25, -0.2) is 0 Å². The third-order valence-electron chi connectivity index (χ3n) is 0.512. The molecule has 0 amide bonds. The Kier molecular flexibility index (Phi) is 110. The molecule has 5 heteroatoms. The van der Waals surface area contributed by atoms with Crippen LogP contribution in [0.4, 0.5) is 0 Å². The molecule has 2 radical (unpaired) electrons. The van der Waals surface area contributed by atoms with E-state index in [0.29, 0.717) is 0 Å². The number of halogens is 4. The predicted molar refractivity (Wildman–Crippen MR) is 54.5 cm³/mol.